The van der Waals surface area contributed by atoms with Crippen molar-refractivity contribution in [3.63, 3.8) is 0 Å². The van der Waals surface area contributed by atoms with Crippen molar-refractivity contribution in [2.75, 3.05) is 26.7 Å². The van der Waals surface area contributed by atoms with E-state index >= 15 is 0 Å². The fourth-order valence-electron chi connectivity index (χ4n) is 3.50. The minimum atomic E-state index is 0.00520. The summed E-state index contributed by atoms with van der Waals surface area (Å²) in [6.07, 6.45) is 0.819. The number of benzene rings is 1. The van der Waals surface area contributed by atoms with Gasteiger partial charge in [0.25, 0.3) is 5.91 Å². The summed E-state index contributed by atoms with van der Waals surface area (Å²) in [4.78, 5) is 19.7. The average Bonchev–Trinajstić information content (AvgIpc) is 3.16. The second-order valence-electron chi connectivity index (χ2n) is 6.80. The van der Waals surface area contributed by atoms with Gasteiger partial charge < -0.3 is 9.64 Å². The number of nitrogens with one attached hydrogen (secondary N) is 1. The zero-order valence-electron chi connectivity index (χ0n) is 16.8. The van der Waals surface area contributed by atoms with Crippen LogP contribution in [-0.2, 0) is 0 Å². The molecule has 0 saturated carbocycles. The van der Waals surface area contributed by atoms with E-state index < -0.39 is 0 Å². The van der Waals surface area contributed by atoms with Crippen LogP contribution in [0.4, 0.5) is 0 Å². The molecule has 1 aromatic rings. The number of hydrogen-bond acceptors (Lipinski definition) is 5. The molecule has 0 radical (unpaired) electrons. The Morgan fingerprint density at radius 2 is 2.00 bits per heavy atom. The SMILES string of the molecule is CCOc1ccccc1C(=O)N1CC/C(=C2/N=C(C)C(C)=C(C)N2NC)C1. The third-order valence-corrected chi connectivity index (χ3v) is 5.22. The molecule has 2 heterocycles. The van der Waals surface area contributed by atoms with E-state index in [2.05, 4.69) is 19.3 Å². The minimum absolute atomic E-state index is 0.00520. The molecule has 6 heteroatoms. The number of hydrogen-bond donors (Lipinski definition) is 1. The van der Waals surface area contributed by atoms with Crippen LogP contribution in [0.5, 0.6) is 5.75 Å². The van der Waals surface area contributed by atoms with E-state index in [0.29, 0.717) is 31.0 Å². The van der Waals surface area contributed by atoms with E-state index in [1.54, 1.807) is 0 Å². The van der Waals surface area contributed by atoms with E-state index in [1.165, 1.54) is 5.57 Å². The molecule has 3 rings (SSSR count). The lowest BCUT2D eigenvalue weighted by Crippen LogP contribution is -2.37. The van der Waals surface area contributed by atoms with Crippen LogP contribution in [0.25, 0.3) is 0 Å². The minimum Gasteiger partial charge on any atom is -0.493 e. The lowest BCUT2D eigenvalue weighted by molar-refractivity contribution is 0.0792. The number of carbonyl (C=O) groups is 1. The van der Waals surface area contributed by atoms with Crippen molar-refractivity contribution in [2.24, 2.45) is 4.99 Å². The van der Waals surface area contributed by atoms with Crippen molar-refractivity contribution in [2.45, 2.75) is 34.1 Å². The molecule has 1 saturated heterocycles. The molecule has 1 aromatic carbocycles. The van der Waals surface area contributed by atoms with Crippen LogP contribution in [0.2, 0.25) is 0 Å². The number of para-hydroxylation sites is 1. The Balaban J connectivity index is 1.87. The molecule has 1 fully saturated rings. The Kier molecular flexibility index (Phi) is 5.65. The summed E-state index contributed by atoms with van der Waals surface area (Å²) in [5.74, 6) is 1.56. The summed E-state index contributed by atoms with van der Waals surface area (Å²) in [6.45, 7) is 9.92. The number of ether oxygens (including phenoxy) is 1. The second kappa shape index (κ2) is 7.96. The highest BCUT2D eigenvalue weighted by Crippen LogP contribution is 2.30. The van der Waals surface area contributed by atoms with Gasteiger partial charge in [0.05, 0.1) is 12.2 Å². The zero-order chi connectivity index (χ0) is 19.6. The van der Waals surface area contributed by atoms with Gasteiger partial charge in [0.1, 0.15) is 11.6 Å². The van der Waals surface area contributed by atoms with Gasteiger partial charge >= 0.3 is 0 Å². The summed E-state index contributed by atoms with van der Waals surface area (Å²) in [7, 11) is 1.89. The number of amides is 1. The Morgan fingerprint density at radius 1 is 1.26 bits per heavy atom. The summed E-state index contributed by atoms with van der Waals surface area (Å²) in [5, 5.41) is 2.01. The topological polar surface area (TPSA) is 57.2 Å². The van der Waals surface area contributed by atoms with Crippen molar-refractivity contribution < 1.29 is 9.53 Å². The van der Waals surface area contributed by atoms with E-state index in [1.807, 2.05) is 55.1 Å². The Labute approximate surface area is 161 Å². The molecule has 0 bridgehead atoms. The number of rotatable bonds is 4. The second-order valence-corrected chi connectivity index (χ2v) is 6.80. The van der Waals surface area contributed by atoms with Crippen LogP contribution >= 0.6 is 0 Å². The number of allylic oxidation sites excluding steroid dienone is 2. The quantitative estimate of drug-likeness (QED) is 0.885. The van der Waals surface area contributed by atoms with Crippen LogP contribution in [0, 0.1) is 0 Å². The number of hydrazine groups is 1. The maximum Gasteiger partial charge on any atom is 0.257 e. The average molecular weight is 368 g/mol. The maximum absolute atomic E-state index is 13.1. The molecule has 0 aliphatic carbocycles. The van der Waals surface area contributed by atoms with E-state index in [4.69, 9.17) is 9.73 Å². The molecule has 0 aromatic heterocycles. The van der Waals surface area contributed by atoms with Crippen molar-refractivity contribution in [3.8, 4) is 5.75 Å². The number of nitrogens with zero attached hydrogens (tertiary/aromatic N) is 3. The molecular formula is C21H28N4O2. The first-order valence-electron chi connectivity index (χ1n) is 9.41. The Hall–Kier alpha value is -2.60. The fraction of sp³-hybridized carbons (Fsp3) is 0.429. The van der Waals surface area contributed by atoms with Gasteiger partial charge in [-0.2, -0.15) is 0 Å². The van der Waals surface area contributed by atoms with Crippen LogP contribution in [0.15, 0.2) is 51.9 Å². The van der Waals surface area contributed by atoms with Crippen molar-refractivity contribution in [1.29, 1.82) is 0 Å². The maximum atomic E-state index is 13.1. The fourth-order valence-corrected chi connectivity index (χ4v) is 3.50. The predicted octanol–water partition coefficient (Wildman–Crippen LogP) is 3.35. The van der Waals surface area contributed by atoms with E-state index in [-0.39, 0.29) is 5.91 Å². The first-order valence-corrected chi connectivity index (χ1v) is 9.41. The van der Waals surface area contributed by atoms with Crippen LogP contribution in [-0.4, -0.2) is 48.3 Å². The highest BCUT2D eigenvalue weighted by molar-refractivity contribution is 6.00. The van der Waals surface area contributed by atoms with Gasteiger partial charge in [-0.25, -0.2) is 10.4 Å². The zero-order valence-corrected chi connectivity index (χ0v) is 16.8. The molecule has 6 nitrogen and oxygen atoms in total. The monoisotopic (exact) mass is 368 g/mol. The van der Waals surface area contributed by atoms with Crippen LogP contribution < -0.4 is 10.2 Å². The normalized spacial score (nSPS) is 20.3. The number of aliphatic imine (C=N–C) groups is 1. The Morgan fingerprint density at radius 3 is 2.70 bits per heavy atom. The highest BCUT2D eigenvalue weighted by atomic mass is 16.5. The molecule has 1 amide bonds. The molecule has 1 N–H and O–H groups in total. The summed E-state index contributed by atoms with van der Waals surface area (Å²) >= 11 is 0. The Bertz CT molecular complexity index is 838. The largest absolute Gasteiger partial charge is 0.493 e. The molecule has 144 valence electrons. The van der Waals surface area contributed by atoms with E-state index in [9.17, 15) is 4.79 Å². The lowest BCUT2D eigenvalue weighted by atomic mass is 10.1. The number of likely N-dealkylation sites (tertiary alicyclic amines) is 1. The first kappa shape index (κ1) is 19.2. The highest BCUT2D eigenvalue weighted by Gasteiger charge is 2.30. The molecule has 0 spiro atoms. The smallest absolute Gasteiger partial charge is 0.257 e. The third-order valence-electron chi connectivity index (χ3n) is 5.22. The van der Waals surface area contributed by atoms with Gasteiger partial charge in [-0.1, -0.05) is 12.1 Å². The van der Waals surface area contributed by atoms with Crippen molar-refractivity contribution >= 4 is 11.6 Å². The van der Waals surface area contributed by atoms with Crippen molar-refractivity contribution in [3.05, 3.63) is 52.5 Å². The van der Waals surface area contributed by atoms with Gasteiger partial charge in [-0.05, 0) is 57.4 Å². The van der Waals surface area contributed by atoms with E-state index in [0.717, 1.165) is 29.2 Å². The van der Waals surface area contributed by atoms with Gasteiger partial charge in [0.2, 0.25) is 0 Å². The molecule has 0 atom stereocenters. The summed E-state index contributed by atoms with van der Waals surface area (Å²) in [5.41, 5.74) is 8.33. The van der Waals surface area contributed by atoms with Crippen LogP contribution in [0.3, 0.4) is 0 Å². The summed E-state index contributed by atoms with van der Waals surface area (Å²) < 4.78 is 5.63. The predicted molar refractivity (Wildman–Crippen MR) is 108 cm³/mol. The molecule has 0 unspecified atom stereocenters. The van der Waals surface area contributed by atoms with Crippen LogP contribution in [0.1, 0.15) is 44.5 Å². The van der Waals surface area contributed by atoms with Gasteiger partial charge in [0, 0.05) is 31.5 Å². The van der Waals surface area contributed by atoms with Gasteiger partial charge in [0.15, 0.2) is 0 Å². The van der Waals surface area contributed by atoms with Gasteiger partial charge in [-0.15, -0.1) is 0 Å². The summed E-state index contributed by atoms with van der Waals surface area (Å²) in [6, 6.07) is 7.44. The molecule has 2 aliphatic rings. The molecule has 2 aliphatic heterocycles. The standard InChI is InChI=1S/C21H28N4O2/c1-6-27-19-10-8-7-9-18(19)21(26)24-12-11-17(13-24)20-23-15(3)14(2)16(4)25(20)22-5/h7-10,22H,6,11-13H2,1-5H3/b20-17+. The third kappa shape index (κ3) is 3.62. The van der Waals surface area contributed by atoms with Crippen molar-refractivity contribution in [1.82, 2.24) is 15.3 Å². The lowest BCUT2D eigenvalue weighted by Gasteiger charge is -2.31. The molecule has 27 heavy (non-hydrogen) atoms. The molecular weight excluding hydrogens is 340 g/mol. The van der Waals surface area contributed by atoms with Gasteiger partial charge in [-0.3, -0.25) is 9.80 Å². The number of carbonyl (C=O) groups excluding carboxylic acids is 1. The first-order chi connectivity index (χ1) is 13.0.